The highest BCUT2D eigenvalue weighted by atomic mass is 16.8. The molecule has 3 aliphatic rings. The fraction of sp³-hybridized carbons (Fsp3) is 0.643. The van der Waals surface area contributed by atoms with Gasteiger partial charge in [0.05, 0.1) is 6.61 Å². The SMILES string of the molecule is O=C(O)C1=CC=C2C(OC3CCCCO3)OCCC12. The summed E-state index contributed by atoms with van der Waals surface area (Å²) >= 11 is 0. The van der Waals surface area contributed by atoms with Crippen molar-refractivity contribution in [2.45, 2.75) is 38.3 Å². The predicted molar refractivity (Wildman–Crippen MR) is 66.3 cm³/mol. The Morgan fingerprint density at radius 1 is 1.21 bits per heavy atom. The monoisotopic (exact) mass is 266 g/mol. The van der Waals surface area contributed by atoms with Gasteiger partial charge in [-0.05, 0) is 31.3 Å². The molecule has 0 radical (unpaired) electrons. The first kappa shape index (κ1) is 12.8. The molecule has 2 saturated heterocycles. The lowest BCUT2D eigenvalue weighted by atomic mass is 9.90. The molecule has 2 aliphatic heterocycles. The maximum absolute atomic E-state index is 11.1. The molecular formula is C14H18O5. The Hall–Kier alpha value is -1.17. The second-order valence-electron chi connectivity index (χ2n) is 5.07. The summed E-state index contributed by atoms with van der Waals surface area (Å²) in [7, 11) is 0. The number of carbonyl (C=O) groups is 1. The summed E-state index contributed by atoms with van der Waals surface area (Å²) in [5, 5.41) is 9.15. The molecule has 19 heavy (non-hydrogen) atoms. The van der Waals surface area contributed by atoms with Crippen LogP contribution in [-0.2, 0) is 19.0 Å². The van der Waals surface area contributed by atoms with Crippen molar-refractivity contribution >= 4 is 5.97 Å². The van der Waals surface area contributed by atoms with Crippen LogP contribution in [0.2, 0.25) is 0 Å². The second-order valence-corrected chi connectivity index (χ2v) is 5.07. The molecule has 3 unspecified atom stereocenters. The van der Waals surface area contributed by atoms with Gasteiger partial charge in [0.1, 0.15) is 0 Å². The van der Waals surface area contributed by atoms with Crippen LogP contribution < -0.4 is 0 Å². The maximum Gasteiger partial charge on any atom is 0.332 e. The number of ether oxygens (including phenoxy) is 3. The molecule has 0 aromatic rings. The summed E-state index contributed by atoms with van der Waals surface area (Å²) < 4.78 is 17.0. The number of carboxylic acids is 1. The fourth-order valence-corrected chi connectivity index (χ4v) is 2.85. The minimum Gasteiger partial charge on any atom is -0.478 e. The van der Waals surface area contributed by atoms with Crippen LogP contribution in [0, 0.1) is 5.92 Å². The topological polar surface area (TPSA) is 65.0 Å². The lowest BCUT2D eigenvalue weighted by molar-refractivity contribution is -0.249. The van der Waals surface area contributed by atoms with Crippen LogP contribution in [0.1, 0.15) is 25.7 Å². The first-order chi connectivity index (χ1) is 9.25. The fourth-order valence-electron chi connectivity index (χ4n) is 2.85. The van der Waals surface area contributed by atoms with E-state index in [1.165, 1.54) is 0 Å². The van der Waals surface area contributed by atoms with Crippen LogP contribution in [-0.4, -0.2) is 36.9 Å². The molecule has 0 amide bonds. The van der Waals surface area contributed by atoms with E-state index in [2.05, 4.69) is 0 Å². The van der Waals surface area contributed by atoms with Gasteiger partial charge >= 0.3 is 5.97 Å². The van der Waals surface area contributed by atoms with Gasteiger partial charge in [-0.25, -0.2) is 4.79 Å². The Morgan fingerprint density at radius 3 is 2.84 bits per heavy atom. The highest BCUT2D eigenvalue weighted by Crippen LogP contribution is 2.38. The van der Waals surface area contributed by atoms with Crippen molar-refractivity contribution in [3.05, 3.63) is 23.3 Å². The quantitative estimate of drug-likeness (QED) is 0.844. The minimum atomic E-state index is -0.856. The Morgan fingerprint density at radius 2 is 2.11 bits per heavy atom. The Balaban J connectivity index is 1.66. The number of aliphatic carboxylic acids is 1. The molecule has 2 heterocycles. The predicted octanol–water partition coefficient (Wildman–Crippen LogP) is 1.84. The zero-order valence-corrected chi connectivity index (χ0v) is 10.7. The average molecular weight is 266 g/mol. The molecule has 5 nitrogen and oxygen atoms in total. The van der Waals surface area contributed by atoms with Gasteiger partial charge in [-0.15, -0.1) is 0 Å². The van der Waals surface area contributed by atoms with Crippen molar-refractivity contribution in [3.8, 4) is 0 Å². The van der Waals surface area contributed by atoms with Gasteiger partial charge in [-0.2, -0.15) is 0 Å². The molecule has 0 spiro atoms. The van der Waals surface area contributed by atoms with Crippen molar-refractivity contribution < 1.29 is 24.1 Å². The van der Waals surface area contributed by atoms with Gasteiger partial charge in [0, 0.05) is 18.1 Å². The summed E-state index contributed by atoms with van der Waals surface area (Å²) in [5.74, 6) is -0.925. The third-order valence-corrected chi connectivity index (χ3v) is 3.84. The van der Waals surface area contributed by atoms with E-state index in [9.17, 15) is 4.79 Å². The first-order valence-electron chi connectivity index (χ1n) is 6.79. The van der Waals surface area contributed by atoms with Gasteiger partial charge < -0.3 is 19.3 Å². The molecule has 0 saturated carbocycles. The Labute approximate surface area is 111 Å². The molecule has 3 atom stereocenters. The number of hydrogen-bond donors (Lipinski definition) is 1. The summed E-state index contributed by atoms with van der Waals surface area (Å²) in [6.45, 7) is 1.24. The minimum absolute atomic E-state index is 0.0696. The standard InChI is InChI=1S/C14H18O5/c15-13(16)10-4-5-11-9(10)6-8-18-14(11)19-12-3-1-2-7-17-12/h4-5,9,12,14H,1-3,6-8H2,(H,15,16). The third-order valence-electron chi connectivity index (χ3n) is 3.84. The van der Waals surface area contributed by atoms with E-state index >= 15 is 0 Å². The molecule has 3 rings (SSSR count). The zero-order valence-electron chi connectivity index (χ0n) is 10.7. The van der Waals surface area contributed by atoms with Crippen molar-refractivity contribution in [2.75, 3.05) is 13.2 Å². The second kappa shape index (κ2) is 5.45. The van der Waals surface area contributed by atoms with Crippen LogP contribution in [0.25, 0.3) is 0 Å². The van der Waals surface area contributed by atoms with E-state index in [0.717, 1.165) is 31.4 Å². The molecule has 104 valence electrons. The summed E-state index contributed by atoms with van der Waals surface area (Å²) in [4.78, 5) is 11.1. The number of carboxylic acid groups (broad SMARTS) is 1. The molecule has 5 heteroatoms. The normalized spacial score (nSPS) is 34.4. The van der Waals surface area contributed by atoms with Crippen molar-refractivity contribution in [1.82, 2.24) is 0 Å². The Bertz CT molecular complexity index is 420. The van der Waals surface area contributed by atoms with Gasteiger partial charge in [-0.3, -0.25) is 0 Å². The number of hydrogen-bond acceptors (Lipinski definition) is 4. The summed E-state index contributed by atoms with van der Waals surface area (Å²) in [5.41, 5.74) is 1.36. The van der Waals surface area contributed by atoms with E-state index in [1.807, 2.05) is 6.08 Å². The average Bonchev–Trinajstić information content (AvgIpc) is 2.85. The number of allylic oxidation sites excluding steroid dienone is 2. The van der Waals surface area contributed by atoms with Gasteiger partial charge in [0.2, 0.25) is 0 Å². The van der Waals surface area contributed by atoms with Gasteiger partial charge in [-0.1, -0.05) is 12.2 Å². The number of fused-ring (bicyclic) bond motifs is 1. The summed E-state index contributed by atoms with van der Waals surface area (Å²) in [6, 6.07) is 0. The smallest absolute Gasteiger partial charge is 0.332 e. The van der Waals surface area contributed by atoms with E-state index in [-0.39, 0.29) is 12.2 Å². The van der Waals surface area contributed by atoms with Crippen LogP contribution in [0.4, 0.5) is 0 Å². The zero-order chi connectivity index (χ0) is 13.2. The molecule has 0 aromatic carbocycles. The van der Waals surface area contributed by atoms with Crippen molar-refractivity contribution in [1.29, 1.82) is 0 Å². The lowest BCUT2D eigenvalue weighted by Gasteiger charge is -2.34. The molecule has 1 aliphatic carbocycles. The molecule has 2 fully saturated rings. The van der Waals surface area contributed by atoms with E-state index in [4.69, 9.17) is 19.3 Å². The third kappa shape index (κ3) is 2.59. The van der Waals surface area contributed by atoms with E-state index in [0.29, 0.717) is 18.6 Å². The van der Waals surface area contributed by atoms with Gasteiger partial charge in [0.25, 0.3) is 0 Å². The summed E-state index contributed by atoms with van der Waals surface area (Å²) in [6.07, 6.45) is 6.53. The van der Waals surface area contributed by atoms with Crippen molar-refractivity contribution in [3.63, 3.8) is 0 Å². The highest BCUT2D eigenvalue weighted by molar-refractivity contribution is 5.89. The highest BCUT2D eigenvalue weighted by Gasteiger charge is 2.37. The van der Waals surface area contributed by atoms with E-state index in [1.54, 1.807) is 6.08 Å². The van der Waals surface area contributed by atoms with Crippen LogP contribution in [0.5, 0.6) is 0 Å². The molecule has 0 aromatic heterocycles. The maximum atomic E-state index is 11.1. The molecule has 1 N–H and O–H groups in total. The molecular weight excluding hydrogens is 248 g/mol. The van der Waals surface area contributed by atoms with Crippen molar-refractivity contribution in [2.24, 2.45) is 5.92 Å². The van der Waals surface area contributed by atoms with Gasteiger partial charge in [0.15, 0.2) is 12.6 Å². The van der Waals surface area contributed by atoms with E-state index < -0.39 is 12.3 Å². The van der Waals surface area contributed by atoms with Crippen LogP contribution in [0.15, 0.2) is 23.3 Å². The lowest BCUT2D eigenvalue weighted by Crippen LogP contribution is -2.36. The Kier molecular flexibility index (Phi) is 3.68. The first-order valence-corrected chi connectivity index (χ1v) is 6.79. The largest absolute Gasteiger partial charge is 0.478 e. The molecule has 0 bridgehead atoms. The van der Waals surface area contributed by atoms with Crippen LogP contribution >= 0.6 is 0 Å². The van der Waals surface area contributed by atoms with Crippen LogP contribution in [0.3, 0.4) is 0 Å². The number of rotatable bonds is 3.